The summed E-state index contributed by atoms with van der Waals surface area (Å²) in [5, 5.41) is 0. The van der Waals surface area contributed by atoms with Crippen molar-refractivity contribution >= 4 is 21.7 Å². The molecule has 3 aliphatic rings. The highest BCUT2D eigenvalue weighted by molar-refractivity contribution is 7.87. The molecule has 1 aliphatic heterocycles. The molecule has 7 nitrogen and oxygen atoms in total. The zero-order chi connectivity index (χ0) is 32.9. The average molecular weight is 640 g/mol. The van der Waals surface area contributed by atoms with E-state index in [2.05, 4.69) is 44.7 Å². The van der Waals surface area contributed by atoms with Gasteiger partial charge in [0.25, 0.3) is 0 Å². The second-order valence-corrected chi connectivity index (χ2v) is 15.7. The number of hydrogen-bond acceptors (Lipinski definition) is 7. The van der Waals surface area contributed by atoms with Crippen molar-refractivity contribution in [3.8, 4) is 11.5 Å². The Hall–Kier alpha value is -4.17. The van der Waals surface area contributed by atoms with E-state index in [0.717, 1.165) is 17.8 Å². The number of carbonyl (C=O) groups is 2. The van der Waals surface area contributed by atoms with E-state index >= 15 is 0 Å². The molecule has 0 N–H and O–H groups in total. The molecule has 8 heteroatoms. The maximum absolute atomic E-state index is 14.2. The topological polar surface area (TPSA) is 90.0 Å². The lowest BCUT2D eigenvalue weighted by Crippen LogP contribution is -2.45. The zero-order valence-corrected chi connectivity index (χ0v) is 27.9. The van der Waals surface area contributed by atoms with E-state index in [1.807, 2.05) is 18.2 Å². The van der Waals surface area contributed by atoms with Crippen LogP contribution in [0.15, 0.2) is 106 Å². The molecule has 0 bridgehead atoms. The van der Waals surface area contributed by atoms with Crippen LogP contribution >= 0.6 is 0 Å². The van der Waals surface area contributed by atoms with Crippen molar-refractivity contribution in [2.45, 2.75) is 70.6 Å². The van der Waals surface area contributed by atoms with Crippen LogP contribution in [0.3, 0.4) is 0 Å². The van der Waals surface area contributed by atoms with Gasteiger partial charge in [-0.15, -0.1) is 0 Å². The van der Waals surface area contributed by atoms with E-state index in [9.17, 15) is 18.0 Å². The summed E-state index contributed by atoms with van der Waals surface area (Å²) >= 11 is 0. The van der Waals surface area contributed by atoms with Gasteiger partial charge in [0, 0.05) is 47.8 Å². The Morgan fingerprint density at radius 2 is 1.28 bits per heavy atom. The predicted molar refractivity (Wildman–Crippen MR) is 177 cm³/mol. The highest BCUT2D eigenvalue weighted by Crippen LogP contribution is 2.55. The van der Waals surface area contributed by atoms with Crippen molar-refractivity contribution < 1.29 is 26.9 Å². The van der Waals surface area contributed by atoms with Gasteiger partial charge in [-0.1, -0.05) is 82.3 Å². The molecule has 0 saturated carbocycles. The molecule has 0 fully saturated rings. The summed E-state index contributed by atoms with van der Waals surface area (Å²) in [6, 6.07) is 23.2. The monoisotopic (exact) mass is 639 g/mol. The molecule has 0 saturated heterocycles. The number of allylic oxidation sites excluding steroid dienone is 4. The summed E-state index contributed by atoms with van der Waals surface area (Å²) in [4.78, 5) is 30.6. The Bertz CT molecular complexity index is 1800. The summed E-state index contributed by atoms with van der Waals surface area (Å²) in [6.07, 6.45) is 2.95. The minimum atomic E-state index is -4.12. The first-order valence-electron chi connectivity index (χ1n) is 15.8. The fraction of sp³-hybridized carbons (Fsp3) is 0.368. The number of ketones is 2. The summed E-state index contributed by atoms with van der Waals surface area (Å²) in [6.45, 7) is 9.17. The van der Waals surface area contributed by atoms with Crippen molar-refractivity contribution in [1.82, 2.24) is 4.90 Å². The third-order valence-corrected chi connectivity index (χ3v) is 10.5. The highest BCUT2D eigenvalue weighted by Gasteiger charge is 2.49. The van der Waals surface area contributed by atoms with Crippen LogP contribution in [0.1, 0.15) is 70.4 Å². The molecule has 3 aromatic carbocycles. The molecule has 0 unspecified atom stereocenters. The number of carbonyl (C=O) groups excluding carboxylic acids is 2. The van der Waals surface area contributed by atoms with Gasteiger partial charge in [0.1, 0.15) is 4.90 Å². The van der Waals surface area contributed by atoms with Gasteiger partial charge in [0.2, 0.25) is 0 Å². The maximum Gasteiger partial charge on any atom is 0.339 e. The van der Waals surface area contributed by atoms with Gasteiger partial charge in [0.05, 0.1) is 7.11 Å². The molecule has 0 atom stereocenters. The third kappa shape index (κ3) is 6.15. The Balaban J connectivity index is 1.48. The highest BCUT2D eigenvalue weighted by atomic mass is 32.2. The van der Waals surface area contributed by atoms with Gasteiger partial charge in [-0.3, -0.25) is 9.59 Å². The Morgan fingerprint density at radius 1 is 0.739 bits per heavy atom. The van der Waals surface area contributed by atoms with E-state index in [-0.39, 0.29) is 38.8 Å². The number of Topliss-reactive ketones (excluding diaryl/α,β-unsaturated/α-hetero) is 2. The van der Waals surface area contributed by atoms with Crippen LogP contribution in [0, 0.1) is 10.8 Å². The van der Waals surface area contributed by atoms with Gasteiger partial charge in [-0.25, -0.2) is 0 Å². The van der Waals surface area contributed by atoms with E-state index in [1.165, 1.54) is 24.8 Å². The summed E-state index contributed by atoms with van der Waals surface area (Å²) < 4.78 is 37.3. The number of hydrogen-bond donors (Lipinski definition) is 0. The average Bonchev–Trinajstić information content (AvgIpc) is 2.99. The Kier molecular flexibility index (Phi) is 8.21. The lowest BCUT2D eigenvalue weighted by Gasteiger charge is -2.49. The van der Waals surface area contributed by atoms with Crippen molar-refractivity contribution in [3.05, 3.63) is 113 Å². The van der Waals surface area contributed by atoms with E-state index in [0.29, 0.717) is 48.9 Å². The maximum atomic E-state index is 14.2. The van der Waals surface area contributed by atoms with Gasteiger partial charge in [0.15, 0.2) is 23.1 Å². The normalized spacial score (nSPS) is 19.5. The number of methoxy groups -OCH3 is 1. The van der Waals surface area contributed by atoms with E-state index in [1.54, 1.807) is 36.4 Å². The molecule has 3 aromatic rings. The molecule has 0 spiro atoms. The molecule has 0 radical (unpaired) electrons. The molecular formula is C38H41NO6S. The first-order chi connectivity index (χ1) is 21.8. The van der Waals surface area contributed by atoms with Crippen LogP contribution < -0.4 is 8.92 Å². The van der Waals surface area contributed by atoms with Crippen LogP contribution in [0.25, 0.3) is 0 Å². The van der Waals surface area contributed by atoms with Crippen molar-refractivity contribution in [1.29, 1.82) is 0 Å². The molecule has 0 amide bonds. The molecule has 0 aromatic heterocycles. The third-order valence-electron chi connectivity index (χ3n) is 9.24. The number of nitrogens with zero attached hydrogens (tertiary/aromatic N) is 1. The molecule has 1 heterocycles. The van der Waals surface area contributed by atoms with Crippen LogP contribution in [-0.2, 0) is 26.1 Å². The predicted octanol–water partition coefficient (Wildman–Crippen LogP) is 7.39. The zero-order valence-electron chi connectivity index (χ0n) is 27.1. The van der Waals surface area contributed by atoms with E-state index in [4.69, 9.17) is 8.92 Å². The van der Waals surface area contributed by atoms with Crippen LogP contribution in [0.4, 0.5) is 0 Å². The Morgan fingerprint density at radius 3 is 1.83 bits per heavy atom. The van der Waals surface area contributed by atoms with Crippen LogP contribution in [0.2, 0.25) is 0 Å². The summed E-state index contributed by atoms with van der Waals surface area (Å²) in [5.74, 6) is -0.267. The fourth-order valence-corrected chi connectivity index (χ4v) is 8.18. The lowest BCUT2D eigenvalue weighted by atomic mass is 9.63. The summed E-state index contributed by atoms with van der Waals surface area (Å²) in [5.41, 5.74) is 4.71. The van der Waals surface area contributed by atoms with Gasteiger partial charge >= 0.3 is 10.1 Å². The van der Waals surface area contributed by atoms with Crippen molar-refractivity contribution in [2.24, 2.45) is 10.8 Å². The lowest BCUT2D eigenvalue weighted by molar-refractivity contribution is -0.119. The second-order valence-electron chi connectivity index (χ2n) is 14.2. The Labute approximate surface area is 272 Å². The molecule has 6 rings (SSSR count). The SMILES string of the molecule is COc1cc(C2C3=C(CC(C)(C)CC3=O)N(CCc3ccccc3)C3=C2C(=O)CC(C)(C)C3)ccc1OS(=O)(=O)c1ccccc1. The second kappa shape index (κ2) is 11.9. The van der Waals surface area contributed by atoms with E-state index < -0.39 is 16.0 Å². The fourth-order valence-electron chi connectivity index (χ4n) is 7.22. The quantitative estimate of drug-likeness (QED) is 0.238. The largest absolute Gasteiger partial charge is 0.493 e. The number of benzene rings is 3. The van der Waals surface area contributed by atoms with Gasteiger partial charge in [-0.05, 0) is 65.5 Å². The molecule has 46 heavy (non-hydrogen) atoms. The van der Waals surface area contributed by atoms with Crippen LogP contribution in [0.5, 0.6) is 11.5 Å². The molecular weight excluding hydrogens is 598 g/mol. The van der Waals surface area contributed by atoms with Crippen LogP contribution in [-0.4, -0.2) is 38.5 Å². The van der Waals surface area contributed by atoms with Gasteiger partial charge < -0.3 is 13.8 Å². The van der Waals surface area contributed by atoms with Crippen molar-refractivity contribution in [2.75, 3.05) is 13.7 Å². The standard InChI is InChI=1S/C38H41NO6S/c1-37(2)21-28-35(30(40)23-37)34(26-16-17-32(33(20-26)44-5)45-46(42,43)27-14-10-7-11-15-27)36-29(22-38(3,4)24-31(36)41)39(28)19-18-25-12-8-6-9-13-25/h6-17,20,34H,18-19,21-24H2,1-5H3. The van der Waals surface area contributed by atoms with Gasteiger partial charge in [-0.2, -0.15) is 8.42 Å². The smallest absolute Gasteiger partial charge is 0.339 e. The number of ether oxygens (including phenoxy) is 1. The summed E-state index contributed by atoms with van der Waals surface area (Å²) in [7, 11) is -2.67. The molecule has 240 valence electrons. The minimum absolute atomic E-state index is 0.0273. The van der Waals surface area contributed by atoms with Crippen molar-refractivity contribution in [3.63, 3.8) is 0 Å². The minimum Gasteiger partial charge on any atom is -0.493 e. The molecule has 2 aliphatic carbocycles. The first kappa shape index (κ1) is 31.8. The first-order valence-corrected chi connectivity index (χ1v) is 17.2. The number of rotatable bonds is 8.